The van der Waals surface area contributed by atoms with Crippen LogP contribution in [-0.4, -0.2) is 32.6 Å². The Morgan fingerprint density at radius 1 is 1.41 bits per heavy atom. The van der Waals surface area contributed by atoms with E-state index >= 15 is 0 Å². The van der Waals surface area contributed by atoms with Crippen LogP contribution in [0, 0.1) is 11.3 Å². The number of aliphatic hydroxyl groups is 1. The predicted molar refractivity (Wildman–Crippen MR) is 79.0 cm³/mol. The van der Waals surface area contributed by atoms with Gasteiger partial charge in [-0.1, -0.05) is 18.1 Å². The predicted octanol–water partition coefficient (Wildman–Crippen LogP) is 3.50. The van der Waals surface area contributed by atoms with E-state index in [1.165, 1.54) is 6.92 Å². The number of nitriles is 1. The van der Waals surface area contributed by atoms with E-state index in [9.17, 15) is 4.55 Å². The molecule has 0 rings (SSSR count). The average molecular weight is 306 g/mol. The lowest BCUT2D eigenvalue weighted by Gasteiger charge is -2.11. The van der Waals surface area contributed by atoms with Crippen LogP contribution in [0.15, 0.2) is 0 Å². The zero-order valence-corrected chi connectivity index (χ0v) is 14.1. The van der Waals surface area contributed by atoms with Gasteiger partial charge in [-0.05, 0) is 27.2 Å². The summed E-state index contributed by atoms with van der Waals surface area (Å²) in [4.78, 5) is -0.222. The van der Waals surface area contributed by atoms with Crippen LogP contribution >= 0.6 is 23.2 Å². The van der Waals surface area contributed by atoms with Gasteiger partial charge in [0.1, 0.15) is 4.84 Å². The molecule has 0 aliphatic rings. The van der Waals surface area contributed by atoms with Crippen LogP contribution in [0.4, 0.5) is 0 Å². The van der Waals surface area contributed by atoms with E-state index in [4.69, 9.17) is 33.6 Å². The van der Waals surface area contributed by atoms with Crippen molar-refractivity contribution in [3.63, 3.8) is 0 Å². The number of alkyl halides is 2. The highest BCUT2D eigenvalue weighted by Crippen LogP contribution is 2.03. The van der Waals surface area contributed by atoms with E-state index in [-0.39, 0.29) is 4.84 Å². The van der Waals surface area contributed by atoms with Crippen molar-refractivity contribution < 1.29 is 9.66 Å². The van der Waals surface area contributed by atoms with Gasteiger partial charge in [-0.2, -0.15) is 5.26 Å². The Labute approximate surface area is 119 Å². The summed E-state index contributed by atoms with van der Waals surface area (Å²) < 4.78 is 9.56. The molecule has 0 fully saturated rings. The van der Waals surface area contributed by atoms with Crippen molar-refractivity contribution in [2.24, 2.45) is 0 Å². The number of hydrogen-bond acceptors (Lipinski definition) is 3. The Bertz CT molecular complexity index is 154. The molecule has 0 saturated heterocycles. The van der Waals surface area contributed by atoms with E-state index in [0.717, 1.165) is 6.42 Å². The molecule has 0 bridgehead atoms. The topological polar surface area (TPSA) is 67.1 Å². The normalized spacial score (nSPS) is 8.94. The minimum atomic E-state index is -0.611. The second-order valence-electron chi connectivity index (χ2n) is 3.65. The van der Waals surface area contributed by atoms with Crippen LogP contribution in [-0.2, 0) is 11.2 Å². The van der Waals surface area contributed by atoms with Crippen molar-refractivity contribution >= 4 is 34.4 Å². The second kappa shape index (κ2) is 18.7. The quantitative estimate of drug-likeness (QED) is 0.595. The molecule has 0 aliphatic carbocycles. The zero-order valence-electron chi connectivity index (χ0n) is 11.8. The summed E-state index contributed by atoms with van der Waals surface area (Å²) in [5, 5.41) is 16.1. The summed E-state index contributed by atoms with van der Waals surface area (Å²) in [6, 6.07) is 1.75. The van der Waals surface area contributed by atoms with E-state index in [0.29, 0.717) is 0 Å². The van der Waals surface area contributed by atoms with Gasteiger partial charge in [0, 0.05) is 6.92 Å². The summed E-state index contributed by atoms with van der Waals surface area (Å²) in [7, 11) is 0. The van der Waals surface area contributed by atoms with Crippen LogP contribution in [0.1, 0.15) is 41.0 Å². The molecule has 0 atom stereocenters. The molecule has 17 heavy (non-hydrogen) atoms. The molecule has 0 aliphatic heterocycles. The molecule has 0 heterocycles. The van der Waals surface area contributed by atoms with Gasteiger partial charge in [-0.3, -0.25) is 0 Å². The summed E-state index contributed by atoms with van der Waals surface area (Å²) in [5.74, 6) is 0. The second-order valence-corrected chi connectivity index (χ2v) is 6.67. The molecule has 0 aromatic rings. The van der Waals surface area contributed by atoms with Gasteiger partial charge in [-0.25, -0.2) is 0 Å². The maximum Gasteiger partial charge on any atom is 0.105 e. The SMILES string of the molecule is CC#N.CC(Cl)Cl.CCC(C)(C)O.C[S+](C)[O-]. The van der Waals surface area contributed by atoms with Crippen LogP contribution in [0.2, 0.25) is 0 Å². The minimum Gasteiger partial charge on any atom is -0.617 e. The summed E-state index contributed by atoms with van der Waals surface area (Å²) in [6.45, 7) is 8.68. The standard InChI is InChI=1S/C5H12O.C2H4Cl2.C2H3N.C2H6OS/c1-4-5(2,3)6;1-2(3)4;1-2-3;1-4(2)3/h6H,4H2,1-3H3;2H,1H3;1H3;1-2H3. The maximum atomic E-state index is 9.56. The Morgan fingerprint density at radius 3 is 1.47 bits per heavy atom. The molecule has 3 nitrogen and oxygen atoms in total. The monoisotopic (exact) mass is 305 g/mol. The van der Waals surface area contributed by atoms with Gasteiger partial charge in [-0.15, -0.1) is 23.2 Å². The first-order valence-electron chi connectivity index (χ1n) is 5.00. The van der Waals surface area contributed by atoms with Crippen molar-refractivity contribution in [3.8, 4) is 6.07 Å². The molecule has 0 aromatic carbocycles. The fourth-order valence-corrected chi connectivity index (χ4v) is 0. The number of hydrogen-bond donors (Lipinski definition) is 1. The molecule has 0 spiro atoms. The van der Waals surface area contributed by atoms with Gasteiger partial charge in [0.2, 0.25) is 0 Å². The Kier molecular flexibility index (Phi) is 28.6. The highest BCUT2D eigenvalue weighted by molar-refractivity contribution is 7.89. The van der Waals surface area contributed by atoms with E-state index < -0.39 is 16.8 Å². The Hall–Kier alpha value is 0.340. The Balaban J connectivity index is -0.0000000688. The van der Waals surface area contributed by atoms with Crippen molar-refractivity contribution in [1.82, 2.24) is 0 Å². The number of rotatable bonds is 1. The smallest absolute Gasteiger partial charge is 0.105 e. The zero-order chi connectivity index (χ0) is 15.1. The third kappa shape index (κ3) is 301. The molecule has 0 saturated carbocycles. The third-order valence-corrected chi connectivity index (χ3v) is 0.865. The maximum absolute atomic E-state index is 9.56. The molecule has 106 valence electrons. The summed E-state index contributed by atoms with van der Waals surface area (Å²) in [6.07, 6.45) is 4.10. The first kappa shape index (κ1) is 26.0. The minimum absolute atomic E-state index is 0.222. The molecule has 0 radical (unpaired) electrons. The van der Waals surface area contributed by atoms with E-state index in [1.54, 1.807) is 39.4 Å². The van der Waals surface area contributed by atoms with Crippen molar-refractivity contribution in [2.45, 2.75) is 51.5 Å². The molecule has 6 heteroatoms. The highest BCUT2D eigenvalue weighted by Gasteiger charge is 2.05. The van der Waals surface area contributed by atoms with Gasteiger partial charge < -0.3 is 9.66 Å². The van der Waals surface area contributed by atoms with Crippen molar-refractivity contribution in [2.75, 3.05) is 12.5 Å². The largest absolute Gasteiger partial charge is 0.617 e. The molecular weight excluding hydrogens is 281 g/mol. The number of nitrogens with zero attached hydrogens (tertiary/aromatic N) is 1. The summed E-state index contributed by atoms with van der Waals surface area (Å²) >= 11 is 9.47. The summed E-state index contributed by atoms with van der Waals surface area (Å²) in [5.41, 5.74) is -0.458. The molecule has 1 N–H and O–H groups in total. The Morgan fingerprint density at radius 2 is 1.47 bits per heavy atom. The van der Waals surface area contributed by atoms with E-state index in [2.05, 4.69) is 0 Å². The van der Waals surface area contributed by atoms with Crippen molar-refractivity contribution in [3.05, 3.63) is 0 Å². The van der Waals surface area contributed by atoms with Gasteiger partial charge in [0.05, 0.1) is 24.2 Å². The molecule has 0 aromatic heterocycles. The van der Waals surface area contributed by atoms with Crippen LogP contribution in [0.3, 0.4) is 0 Å². The first-order chi connectivity index (χ1) is 7.44. The van der Waals surface area contributed by atoms with Crippen LogP contribution in [0.5, 0.6) is 0 Å². The van der Waals surface area contributed by atoms with Gasteiger partial charge in [0.25, 0.3) is 0 Å². The molecular formula is C11H25Cl2NO2S. The molecule has 0 amide bonds. The lowest BCUT2D eigenvalue weighted by atomic mass is 10.1. The fraction of sp³-hybridized carbons (Fsp3) is 0.909. The number of halogens is 2. The van der Waals surface area contributed by atoms with Crippen LogP contribution in [0.25, 0.3) is 0 Å². The lowest BCUT2D eigenvalue weighted by Crippen LogP contribution is -2.15. The lowest BCUT2D eigenvalue weighted by molar-refractivity contribution is 0.0765. The van der Waals surface area contributed by atoms with Gasteiger partial charge >= 0.3 is 0 Å². The van der Waals surface area contributed by atoms with Gasteiger partial charge in [0.15, 0.2) is 0 Å². The average Bonchev–Trinajstić information content (AvgIpc) is 2.02. The van der Waals surface area contributed by atoms with E-state index in [1.807, 2.05) is 6.92 Å². The fourth-order valence-electron chi connectivity index (χ4n) is 0. The van der Waals surface area contributed by atoms with Crippen molar-refractivity contribution in [1.29, 1.82) is 5.26 Å². The third-order valence-electron chi connectivity index (χ3n) is 0.865. The van der Waals surface area contributed by atoms with Crippen LogP contribution < -0.4 is 0 Å². The highest BCUT2D eigenvalue weighted by atomic mass is 35.5. The molecule has 0 unspecified atom stereocenters. The first-order valence-corrected chi connectivity index (χ1v) is 7.84.